The van der Waals surface area contributed by atoms with Gasteiger partial charge in [-0.05, 0) is 43.2 Å². The van der Waals surface area contributed by atoms with Crippen LogP contribution in [0.25, 0.3) is 0 Å². The minimum absolute atomic E-state index is 0.0591. The van der Waals surface area contributed by atoms with Crippen LogP contribution in [0.15, 0.2) is 47.6 Å². The third-order valence-electron chi connectivity index (χ3n) is 5.09. The zero-order chi connectivity index (χ0) is 21.1. The molecular weight excluding hydrogens is 389 g/mol. The molecule has 0 saturated heterocycles. The molecule has 2 aliphatic rings. The van der Waals surface area contributed by atoms with Crippen molar-refractivity contribution < 1.29 is 23.5 Å². The second-order valence-corrected chi connectivity index (χ2v) is 7.23. The Hall–Kier alpha value is -3.26. The van der Waals surface area contributed by atoms with Gasteiger partial charge in [0.15, 0.2) is 12.6 Å². The van der Waals surface area contributed by atoms with Crippen LogP contribution in [0, 0.1) is 5.82 Å². The lowest BCUT2D eigenvalue weighted by Gasteiger charge is -2.21. The number of para-hydroxylation sites is 1. The van der Waals surface area contributed by atoms with E-state index in [-0.39, 0.29) is 37.3 Å². The first-order valence-electron chi connectivity index (χ1n) is 9.75. The van der Waals surface area contributed by atoms with Crippen LogP contribution in [0.4, 0.5) is 10.1 Å². The van der Waals surface area contributed by atoms with Crippen LogP contribution in [0.5, 0.6) is 5.75 Å². The molecule has 0 spiro atoms. The first kappa shape index (κ1) is 20.0. The molecule has 0 aliphatic carbocycles. The predicted molar refractivity (Wildman–Crippen MR) is 109 cm³/mol. The molecule has 0 radical (unpaired) electrons. The van der Waals surface area contributed by atoms with Gasteiger partial charge in [-0.3, -0.25) is 14.6 Å². The molecule has 2 aromatic rings. The van der Waals surface area contributed by atoms with Crippen molar-refractivity contribution in [3.8, 4) is 5.75 Å². The molecule has 30 heavy (non-hydrogen) atoms. The monoisotopic (exact) mass is 411 g/mol. The maximum Gasteiger partial charge on any atom is 0.267 e. The number of fused-ring (bicyclic) bond motifs is 1. The van der Waals surface area contributed by atoms with E-state index in [1.807, 2.05) is 30.3 Å². The molecule has 2 aliphatic heterocycles. The van der Waals surface area contributed by atoms with Gasteiger partial charge in [-0.15, -0.1) is 0 Å². The van der Waals surface area contributed by atoms with Crippen LogP contribution in [0.3, 0.4) is 0 Å². The van der Waals surface area contributed by atoms with Crippen molar-refractivity contribution in [1.82, 2.24) is 5.32 Å². The number of carbonyl (C=O) groups is 2. The molecule has 8 heteroatoms. The standard InChI is InChI=1S/C22H22FN3O4/c1-14(27)20-11-19(25-26(20)18-5-3-2-4-6-18)22(28)24-8-7-15-9-17(23)10-16-12-29-13-30-21(15)16/h2-6,9-10,20H,7-8,11-13H2,1H3,(H,24,28). The fourth-order valence-corrected chi connectivity index (χ4v) is 3.64. The van der Waals surface area contributed by atoms with Gasteiger partial charge in [0, 0.05) is 18.5 Å². The van der Waals surface area contributed by atoms with Crippen molar-refractivity contribution in [3.05, 3.63) is 59.4 Å². The normalized spacial score (nSPS) is 17.7. The maximum atomic E-state index is 13.9. The summed E-state index contributed by atoms with van der Waals surface area (Å²) in [6.45, 7) is 2.20. The summed E-state index contributed by atoms with van der Waals surface area (Å²) in [5.74, 6) is -0.153. The molecule has 0 aromatic heterocycles. The molecule has 1 amide bonds. The second kappa shape index (κ2) is 8.62. The van der Waals surface area contributed by atoms with Crippen molar-refractivity contribution in [2.75, 3.05) is 18.3 Å². The number of hydrogen-bond donors (Lipinski definition) is 1. The molecule has 1 N–H and O–H groups in total. The fourth-order valence-electron chi connectivity index (χ4n) is 3.64. The lowest BCUT2D eigenvalue weighted by atomic mass is 10.0. The Balaban J connectivity index is 1.42. The number of carbonyl (C=O) groups excluding carboxylic acids is 2. The van der Waals surface area contributed by atoms with Gasteiger partial charge in [-0.2, -0.15) is 5.10 Å². The lowest BCUT2D eigenvalue weighted by molar-refractivity contribution is -0.118. The highest BCUT2D eigenvalue weighted by atomic mass is 19.1. The first-order chi connectivity index (χ1) is 14.5. The molecule has 0 fully saturated rings. The molecule has 2 aromatic carbocycles. The van der Waals surface area contributed by atoms with E-state index >= 15 is 0 Å². The number of benzene rings is 2. The zero-order valence-electron chi connectivity index (χ0n) is 16.6. The van der Waals surface area contributed by atoms with Crippen molar-refractivity contribution in [3.63, 3.8) is 0 Å². The summed E-state index contributed by atoms with van der Waals surface area (Å²) < 4.78 is 24.5. The Morgan fingerprint density at radius 2 is 2.07 bits per heavy atom. The Labute approximate surface area is 173 Å². The van der Waals surface area contributed by atoms with Gasteiger partial charge < -0.3 is 14.8 Å². The highest BCUT2D eigenvalue weighted by molar-refractivity contribution is 6.40. The number of Topliss-reactive ketones (excluding diaryl/α,β-unsaturated/α-hetero) is 1. The van der Waals surface area contributed by atoms with Crippen LogP contribution >= 0.6 is 0 Å². The number of anilines is 1. The summed E-state index contributed by atoms with van der Waals surface area (Å²) in [6, 6.07) is 11.6. The average molecular weight is 411 g/mol. The van der Waals surface area contributed by atoms with Gasteiger partial charge in [0.05, 0.1) is 12.3 Å². The van der Waals surface area contributed by atoms with E-state index < -0.39 is 6.04 Å². The second-order valence-electron chi connectivity index (χ2n) is 7.23. The smallest absolute Gasteiger partial charge is 0.267 e. The van der Waals surface area contributed by atoms with Gasteiger partial charge in [0.1, 0.15) is 23.3 Å². The fraction of sp³-hybridized carbons (Fsp3) is 0.318. The Morgan fingerprint density at radius 1 is 1.27 bits per heavy atom. The summed E-state index contributed by atoms with van der Waals surface area (Å²) >= 11 is 0. The Kier molecular flexibility index (Phi) is 5.76. The Morgan fingerprint density at radius 3 is 2.83 bits per heavy atom. The number of ketones is 1. The number of ether oxygens (including phenoxy) is 2. The van der Waals surface area contributed by atoms with E-state index in [0.29, 0.717) is 35.6 Å². The van der Waals surface area contributed by atoms with E-state index in [2.05, 4.69) is 10.4 Å². The quantitative estimate of drug-likeness (QED) is 0.790. The molecule has 4 rings (SSSR count). The number of hydrazone groups is 1. The minimum atomic E-state index is -0.503. The third-order valence-corrected chi connectivity index (χ3v) is 5.09. The number of hydrogen-bond acceptors (Lipinski definition) is 6. The summed E-state index contributed by atoms with van der Waals surface area (Å²) in [4.78, 5) is 24.7. The summed E-state index contributed by atoms with van der Waals surface area (Å²) in [6.07, 6.45) is 0.642. The van der Waals surface area contributed by atoms with Gasteiger partial charge >= 0.3 is 0 Å². The van der Waals surface area contributed by atoms with Crippen molar-refractivity contribution in [2.45, 2.75) is 32.4 Å². The van der Waals surface area contributed by atoms with Crippen LogP contribution in [0.1, 0.15) is 24.5 Å². The molecule has 0 bridgehead atoms. The lowest BCUT2D eigenvalue weighted by Crippen LogP contribution is -2.35. The summed E-state index contributed by atoms with van der Waals surface area (Å²) in [5.41, 5.74) is 2.39. The molecule has 0 saturated carbocycles. The number of rotatable bonds is 6. The van der Waals surface area contributed by atoms with Gasteiger partial charge in [-0.1, -0.05) is 18.2 Å². The largest absolute Gasteiger partial charge is 0.467 e. The number of halogens is 1. The first-order valence-corrected chi connectivity index (χ1v) is 9.75. The summed E-state index contributed by atoms with van der Waals surface area (Å²) in [7, 11) is 0. The number of nitrogens with one attached hydrogen (secondary N) is 1. The van der Waals surface area contributed by atoms with Crippen LogP contribution in [-0.4, -0.2) is 36.8 Å². The number of nitrogens with zero attached hydrogens (tertiary/aromatic N) is 2. The van der Waals surface area contributed by atoms with E-state index in [4.69, 9.17) is 9.47 Å². The highest BCUT2D eigenvalue weighted by Crippen LogP contribution is 2.29. The topological polar surface area (TPSA) is 80.2 Å². The molecule has 1 atom stereocenters. The van der Waals surface area contributed by atoms with Gasteiger partial charge in [-0.25, -0.2) is 4.39 Å². The van der Waals surface area contributed by atoms with Crippen LogP contribution < -0.4 is 15.1 Å². The molecular formula is C22H22FN3O4. The zero-order valence-corrected chi connectivity index (χ0v) is 16.6. The third kappa shape index (κ3) is 4.18. The molecule has 156 valence electrons. The Bertz CT molecular complexity index is 993. The highest BCUT2D eigenvalue weighted by Gasteiger charge is 2.34. The molecule has 2 heterocycles. The predicted octanol–water partition coefficient (Wildman–Crippen LogP) is 2.57. The van der Waals surface area contributed by atoms with Crippen LogP contribution in [0.2, 0.25) is 0 Å². The van der Waals surface area contributed by atoms with E-state index in [1.54, 1.807) is 5.01 Å². The van der Waals surface area contributed by atoms with Crippen molar-refractivity contribution in [1.29, 1.82) is 0 Å². The average Bonchev–Trinajstić information content (AvgIpc) is 3.20. The molecule has 7 nitrogen and oxygen atoms in total. The summed E-state index contributed by atoms with van der Waals surface area (Å²) in [5, 5.41) is 8.79. The maximum absolute atomic E-state index is 13.9. The van der Waals surface area contributed by atoms with Crippen LogP contribution in [-0.2, 0) is 27.4 Å². The number of amides is 1. The van der Waals surface area contributed by atoms with Gasteiger partial charge in [0.25, 0.3) is 5.91 Å². The SMILES string of the molecule is CC(=O)C1CC(C(=O)NCCc2cc(F)cc3c2OCOC3)=NN1c1ccccc1. The van der Waals surface area contributed by atoms with E-state index in [0.717, 1.165) is 5.69 Å². The minimum Gasteiger partial charge on any atom is -0.467 e. The van der Waals surface area contributed by atoms with Gasteiger partial charge in [0.2, 0.25) is 0 Å². The van der Waals surface area contributed by atoms with Crippen molar-refractivity contribution >= 4 is 23.1 Å². The molecule has 1 unspecified atom stereocenters. The van der Waals surface area contributed by atoms with E-state index in [9.17, 15) is 14.0 Å². The van der Waals surface area contributed by atoms with E-state index in [1.165, 1.54) is 19.1 Å². The van der Waals surface area contributed by atoms with Crippen molar-refractivity contribution in [2.24, 2.45) is 5.10 Å².